The lowest BCUT2D eigenvalue weighted by molar-refractivity contribution is 0.0640. The fourth-order valence-corrected chi connectivity index (χ4v) is 2.42. The minimum Gasteiger partial charge on any atom is -0.476 e. The molecule has 0 bridgehead atoms. The third-order valence-electron chi connectivity index (χ3n) is 2.94. The Bertz CT molecular complexity index is 680. The summed E-state index contributed by atoms with van der Waals surface area (Å²) >= 11 is 3.32. The molecule has 0 aliphatic heterocycles. The van der Waals surface area contributed by atoms with E-state index in [4.69, 9.17) is 5.11 Å². The molecule has 1 aromatic carbocycles. The number of hydrogen-bond acceptors (Lipinski definition) is 3. The van der Waals surface area contributed by atoms with E-state index in [1.165, 1.54) is 4.57 Å². The van der Waals surface area contributed by atoms with Crippen molar-refractivity contribution in [3.8, 4) is 0 Å². The van der Waals surface area contributed by atoms with Crippen LogP contribution in [0.5, 0.6) is 0 Å². The van der Waals surface area contributed by atoms with Gasteiger partial charge in [0.15, 0.2) is 11.4 Å². The van der Waals surface area contributed by atoms with Gasteiger partial charge >= 0.3 is 11.9 Å². The molecule has 0 fully saturated rings. The van der Waals surface area contributed by atoms with Crippen molar-refractivity contribution in [2.24, 2.45) is 0 Å². The molecule has 0 aliphatic carbocycles. The summed E-state index contributed by atoms with van der Waals surface area (Å²) in [6.45, 7) is 2.01. The van der Waals surface area contributed by atoms with Crippen molar-refractivity contribution < 1.29 is 19.8 Å². The molecule has 110 valence electrons. The van der Waals surface area contributed by atoms with E-state index in [9.17, 15) is 14.7 Å². The molecule has 1 unspecified atom stereocenters. The van der Waals surface area contributed by atoms with Crippen LogP contribution >= 0.6 is 15.9 Å². The number of halogens is 1. The zero-order valence-electron chi connectivity index (χ0n) is 11.2. The average Bonchev–Trinajstić information content (AvgIpc) is 2.79. The first-order chi connectivity index (χ1) is 9.91. The number of aromatic nitrogens is 2. The van der Waals surface area contributed by atoms with Gasteiger partial charge in [0.05, 0.1) is 4.83 Å². The van der Waals surface area contributed by atoms with Gasteiger partial charge in [0.2, 0.25) is 0 Å². The molecule has 1 aromatic heterocycles. The van der Waals surface area contributed by atoms with Crippen LogP contribution in [0.4, 0.5) is 0 Å². The molecule has 1 atom stereocenters. The predicted octanol–water partition coefficient (Wildman–Crippen LogP) is 2.78. The number of carboxylic acid groups (broad SMARTS) is 2. The number of carbonyl (C=O) groups is 2. The number of hydrogen-bond donors (Lipinski definition) is 2. The SMILES string of the molecule is CC(Br)c1nc(C(=O)O)c(C(=O)O)n1Cc1ccccc1. The third-order valence-corrected chi connectivity index (χ3v) is 3.35. The summed E-state index contributed by atoms with van der Waals surface area (Å²) < 4.78 is 1.42. The molecular weight excluding hydrogens is 340 g/mol. The lowest BCUT2D eigenvalue weighted by Gasteiger charge is -2.11. The molecule has 6 nitrogen and oxygen atoms in total. The van der Waals surface area contributed by atoms with Gasteiger partial charge in [-0.25, -0.2) is 14.6 Å². The zero-order chi connectivity index (χ0) is 15.6. The van der Waals surface area contributed by atoms with Crippen molar-refractivity contribution in [1.82, 2.24) is 9.55 Å². The predicted molar refractivity (Wildman–Crippen MR) is 79.0 cm³/mol. The van der Waals surface area contributed by atoms with Crippen LogP contribution in [0, 0.1) is 0 Å². The van der Waals surface area contributed by atoms with Gasteiger partial charge < -0.3 is 14.8 Å². The van der Waals surface area contributed by atoms with E-state index < -0.39 is 17.6 Å². The van der Waals surface area contributed by atoms with E-state index in [2.05, 4.69) is 20.9 Å². The monoisotopic (exact) mass is 352 g/mol. The maximum absolute atomic E-state index is 11.4. The van der Waals surface area contributed by atoms with Gasteiger partial charge in [-0.15, -0.1) is 0 Å². The summed E-state index contributed by atoms with van der Waals surface area (Å²) in [7, 11) is 0. The molecule has 0 amide bonds. The zero-order valence-corrected chi connectivity index (χ0v) is 12.7. The number of aromatic carboxylic acids is 2. The van der Waals surface area contributed by atoms with Crippen LogP contribution in [0.25, 0.3) is 0 Å². The lowest BCUT2D eigenvalue weighted by atomic mass is 10.2. The average molecular weight is 353 g/mol. The molecule has 2 N–H and O–H groups in total. The summed E-state index contributed by atoms with van der Waals surface area (Å²) in [5.74, 6) is -2.29. The molecule has 0 saturated heterocycles. The van der Waals surface area contributed by atoms with E-state index in [0.717, 1.165) is 5.56 Å². The Labute approximate surface area is 129 Å². The topological polar surface area (TPSA) is 92.4 Å². The molecule has 7 heteroatoms. The number of alkyl halides is 1. The summed E-state index contributed by atoms with van der Waals surface area (Å²) in [6.07, 6.45) is 0. The van der Waals surface area contributed by atoms with Crippen molar-refractivity contribution in [3.05, 3.63) is 53.1 Å². The second-order valence-corrected chi connectivity index (χ2v) is 5.84. The summed E-state index contributed by atoms with van der Waals surface area (Å²) in [5.41, 5.74) is 0.108. The lowest BCUT2D eigenvalue weighted by Crippen LogP contribution is -2.15. The molecule has 1 heterocycles. The molecule has 2 rings (SSSR count). The maximum atomic E-state index is 11.4. The molecule has 0 aliphatic rings. The number of benzene rings is 1. The fraction of sp³-hybridized carbons (Fsp3) is 0.214. The van der Waals surface area contributed by atoms with Crippen LogP contribution < -0.4 is 0 Å². The van der Waals surface area contributed by atoms with Gasteiger partial charge in [0.25, 0.3) is 0 Å². The second kappa shape index (κ2) is 6.09. The Hall–Kier alpha value is -2.15. The Morgan fingerprint density at radius 2 is 1.86 bits per heavy atom. The first kappa shape index (κ1) is 15.2. The van der Waals surface area contributed by atoms with Crippen LogP contribution in [0.2, 0.25) is 0 Å². The normalized spacial score (nSPS) is 12.1. The van der Waals surface area contributed by atoms with Gasteiger partial charge in [-0.05, 0) is 12.5 Å². The number of imidazole rings is 1. The Morgan fingerprint density at radius 1 is 1.24 bits per heavy atom. The van der Waals surface area contributed by atoms with Crippen molar-refractivity contribution in [2.75, 3.05) is 0 Å². The van der Waals surface area contributed by atoms with E-state index in [1.54, 1.807) is 6.92 Å². The minimum atomic E-state index is -1.35. The van der Waals surface area contributed by atoms with Crippen LogP contribution in [0.15, 0.2) is 30.3 Å². The molecule has 21 heavy (non-hydrogen) atoms. The highest BCUT2D eigenvalue weighted by atomic mass is 79.9. The van der Waals surface area contributed by atoms with Crippen LogP contribution in [-0.4, -0.2) is 31.7 Å². The summed E-state index contributed by atoms with van der Waals surface area (Å²) in [5, 5.41) is 18.5. The van der Waals surface area contributed by atoms with Gasteiger partial charge in [-0.1, -0.05) is 46.3 Å². The van der Waals surface area contributed by atoms with Gasteiger partial charge in [-0.2, -0.15) is 0 Å². The van der Waals surface area contributed by atoms with Crippen molar-refractivity contribution in [2.45, 2.75) is 18.3 Å². The Balaban J connectivity index is 2.60. The van der Waals surface area contributed by atoms with E-state index in [0.29, 0.717) is 5.82 Å². The van der Waals surface area contributed by atoms with Crippen molar-refractivity contribution >= 4 is 27.9 Å². The van der Waals surface area contributed by atoms with Crippen molar-refractivity contribution in [1.29, 1.82) is 0 Å². The summed E-state index contributed by atoms with van der Waals surface area (Å²) in [4.78, 5) is 26.3. The largest absolute Gasteiger partial charge is 0.476 e. The van der Waals surface area contributed by atoms with Crippen LogP contribution in [0.3, 0.4) is 0 Å². The fourth-order valence-electron chi connectivity index (χ4n) is 2.07. The molecule has 2 aromatic rings. The Morgan fingerprint density at radius 3 is 2.33 bits per heavy atom. The number of carboxylic acids is 2. The molecule has 0 spiro atoms. The Kier molecular flexibility index (Phi) is 4.42. The first-order valence-electron chi connectivity index (χ1n) is 6.16. The second-order valence-electron chi connectivity index (χ2n) is 4.47. The highest BCUT2D eigenvalue weighted by Crippen LogP contribution is 2.25. The van der Waals surface area contributed by atoms with Crippen LogP contribution in [-0.2, 0) is 6.54 Å². The quantitative estimate of drug-likeness (QED) is 0.807. The molecule has 0 saturated carbocycles. The van der Waals surface area contributed by atoms with Crippen molar-refractivity contribution in [3.63, 3.8) is 0 Å². The van der Waals surface area contributed by atoms with E-state index in [-0.39, 0.29) is 17.1 Å². The third kappa shape index (κ3) is 3.13. The maximum Gasteiger partial charge on any atom is 0.357 e. The highest BCUT2D eigenvalue weighted by molar-refractivity contribution is 9.09. The van der Waals surface area contributed by atoms with Gasteiger partial charge in [0, 0.05) is 6.54 Å². The van der Waals surface area contributed by atoms with Gasteiger partial charge in [0.1, 0.15) is 5.82 Å². The smallest absolute Gasteiger partial charge is 0.357 e. The first-order valence-corrected chi connectivity index (χ1v) is 7.08. The van der Waals surface area contributed by atoms with E-state index >= 15 is 0 Å². The summed E-state index contributed by atoms with van der Waals surface area (Å²) in [6, 6.07) is 9.21. The highest BCUT2D eigenvalue weighted by Gasteiger charge is 2.28. The molecular formula is C14H13BrN2O4. The molecule has 0 radical (unpaired) electrons. The van der Waals surface area contributed by atoms with Crippen LogP contribution in [0.1, 0.15) is 44.1 Å². The van der Waals surface area contributed by atoms with Gasteiger partial charge in [-0.3, -0.25) is 0 Å². The number of nitrogens with zero attached hydrogens (tertiary/aromatic N) is 2. The minimum absolute atomic E-state index is 0.244. The standard InChI is InChI=1S/C14H13BrN2O4/c1-8(15)12-16-10(13(18)19)11(14(20)21)17(12)7-9-5-3-2-4-6-9/h2-6,8H,7H2,1H3,(H,18,19)(H,20,21). The number of rotatable bonds is 5. The van der Waals surface area contributed by atoms with E-state index in [1.807, 2.05) is 30.3 Å².